The maximum Gasteiger partial charge on any atom is 0.217 e. The van der Waals surface area contributed by atoms with E-state index in [0.29, 0.717) is 24.2 Å². The fraction of sp³-hybridized carbons (Fsp3) is 0.360. The first kappa shape index (κ1) is 21.0. The molecule has 1 heterocycles. The van der Waals surface area contributed by atoms with Gasteiger partial charge in [-0.05, 0) is 61.1 Å². The maximum absolute atomic E-state index is 11.2. The molecule has 1 fully saturated rings. The lowest BCUT2D eigenvalue weighted by Crippen LogP contribution is -2.27. The molecule has 0 bridgehead atoms. The minimum atomic E-state index is -0.169. The topological polar surface area (TPSA) is 73.6 Å². The molecule has 6 nitrogen and oxygen atoms in total. The molecule has 1 aliphatic carbocycles. The van der Waals surface area contributed by atoms with Crippen molar-refractivity contribution >= 4 is 5.91 Å². The molecule has 6 heteroatoms. The first-order chi connectivity index (χ1) is 15.0. The summed E-state index contributed by atoms with van der Waals surface area (Å²) in [5.74, 6) is 3.25. The van der Waals surface area contributed by atoms with Crippen molar-refractivity contribution in [3.63, 3.8) is 0 Å². The highest BCUT2D eigenvalue weighted by atomic mass is 16.5. The number of carbonyl (C=O) groups is 1. The molecule has 0 saturated heterocycles. The summed E-state index contributed by atoms with van der Waals surface area (Å²) in [4.78, 5) is 11.2. The number of nitrogens with zero attached hydrogens (tertiary/aromatic N) is 1. The Labute approximate surface area is 182 Å². The van der Waals surface area contributed by atoms with E-state index in [2.05, 4.69) is 28.7 Å². The normalized spacial score (nSPS) is 18.7. The summed E-state index contributed by atoms with van der Waals surface area (Å²) >= 11 is 0. The molecule has 0 unspecified atom stereocenters. The van der Waals surface area contributed by atoms with Crippen molar-refractivity contribution < 1.29 is 18.8 Å². The molecule has 3 aromatic rings. The zero-order valence-corrected chi connectivity index (χ0v) is 18.1. The number of amides is 1. The van der Waals surface area contributed by atoms with Crippen LogP contribution in [0.2, 0.25) is 0 Å². The summed E-state index contributed by atoms with van der Waals surface area (Å²) in [7, 11) is 1.68. The number of carbonyl (C=O) groups excluding carboxylic acids is 1. The fourth-order valence-electron chi connectivity index (χ4n) is 3.95. The molecule has 1 aromatic heterocycles. The SMILES string of the molecule is COc1cccc(-c2ccc(OCC3CC(c4cc([C@H](C)NC(C)=O)on4)C3)cc2)c1. The minimum absolute atomic E-state index is 0.0807. The van der Waals surface area contributed by atoms with Crippen molar-refractivity contribution in [2.24, 2.45) is 5.92 Å². The van der Waals surface area contributed by atoms with Crippen LogP contribution in [-0.4, -0.2) is 24.8 Å². The number of ether oxygens (including phenoxy) is 2. The van der Waals surface area contributed by atoms with Crippen LogP contribution in [0.4, 0.5) is 0 Å². The third-order valence-electron chi connectivity index (χ3n) is 5.79. The largest absolute Gasteiger partial charge is 0.497 e. The van der Waals surface area contributed by atoms with Gasteiger partial charge in [0.1, 0.15) is 11.5 Å². The molecule has 1 amide bonds. The van der Waals surface area contributed by atoms with Gasteiger partial charge in [0, 0.05) is 18.9 Å². The van der Waals surface area contributed by atoms with Gasteiger partial charge in [-0.25, -0.2) is 0 Å². The molecule has 1 N–H and O–H groups in total. The Balaban J connectivity index is 1.25. The molecule has 162 valence electrons. The first-order valence-electron chi connectivity index (χ1n) is 10.6. The monoisotopic (exact) mass is 420 g/mol. The van der Waals surface area contributed by atoms with Gasteiger partial charge in [-0.15, -0.1) is 0 Å². The van der Waals surface area contributed by atoms with Gasteiger partial charge in [-0.1, -0.05) is 29.4 Å². The molecule has 4 rings (SSSR count). The highest BCUT2D eigenvalue weighted by Crippen LogP contribution is 2.41. The summed E-state index contributed by atoms with van der Waals surface area (Å²) in [5, 5.41) is 7.01. The van der Waals surface area contributed by atoms with E-state index in [1.807, 2.05) is 43.3 Å². The third-order valence-corrected chi connectivity index (χ3v) is 5.79. The number of methoxy groups -OCH3 is 1. The molecular formula is C25H28N2O4. The van der Waals surface area contributed by atoms with Crippen LogP contribution < -0.4 is 14.8 Å². The van der Waals surface area contributed by atoms with Crippen LogP contribution in [0, 0.1) is 5.92 Å². The predicted octanol–water partition coefficient (Wildman–Crippen LogP) is 5.12. The van der Waals surface area contributed by atoms with Crippen molar-refractivity contribution in [3.8, 4) is 22.6 Å². The van der Waals surface area contributed by atoms with Crippen molar-refractivity contribution in [1.82, 2.24) is 10.5 Å². The Morgan fingerprint density at radius 1 is 1.13 bits per heavy atom. The van der Waals surface area contributed by atoms with Gasteiger partial charge in [0.15, 0.2) is 5.76 Å². The Kier molecular flexibility index (Phi) is 6.26. The second-order valence-electron chi connectivity index (χ2n) is 8.18. The van der Waals surface area contributed by atoms with Crippen LogP contribution in [0.5, 0.6) is 11.5 Å². The van der Waals surface area contributed by atoms with Crippen molar-refractivity contribution in [3.05, 3.63) is 66.1 Å². The summed E-state index contributed by atoms with van der Waals surface area (Å²) in [6.45, 7) is 4.08. The van der Waals surface area contributed by atoms with E-state index in [0.717, 1.165) is 41.2 Å². The van der Waals surface area contributed by atoms with Crippen LogP contribution in [-0.2, 0) is 4.79 Å². The standard InChI is InChI=1S/C25H28N2O4/c1-16(26-17(2)28)25-14-24(27-31-25)21-11-18(12-21)15-30-22-9-7-19(8-10-22)20-5-4-6-23(13-20)29-3/h4-10,13-14,16,18,21H,11-12,15H2,1-3H3,(H,26,28)/t16-,18?,21?/m0/s1. The molecule has 31 heavy (non-hydrogen) atoms. The number of benzene rings is 2. The van der Waals surface area contributed by atoms with E-state index in [4.69, 9.17) is 14.0 Å². The second-order valence-corrected chi connectivity index (χ2v) is 8.18. The van der Waals surface area contributed by atoms with E-state index in [9.17, 15) is 4.79 Å². The van der Waals surface area contributed by atoms with Crippen LogP contribution >= 0.6 is 0 Å². The molecule has 0 aliphatic heterocycles. The lowest BCUT2D eigenvalue weighted by molar-refractivity contribution is -0.119. The second kappa shape index (κ2) is 9.25. The molecule has 1 aliphatic rings. The number of aromatic nitrogens is 1. The Morgan fingerprint density at radius 2 is 1.90 bits per heavy atom. The molecular weight excluding hydrogens is 392 g/mol. The van der Waals surface area contributed by atoms with E-state index in [1.165, 1.54) is 6.92 Å². The first-order valence-corrected chi connectivity index (χ1v) is 10.6. The number of hydrogen-bond donors (Lipinski definition) is 1. The number of nitrogens with one attached hydrogen (secondary N) is 1. The van der Waals surface area contributed by atoms with Gasteiger partial charge in [0.25, 0.3) is 0 Å². The summed E-state index contributed by atoms with van der Waals surface area (Å²) < 4.78 is 16.7. The quantitative estimate of drug-likeness (QED) is 0.547. The van der Waals surface area contributed by atoms with Crippen LogP contribution in [0.3, 0.4) is 0 Å². The van der Waals surface area contributed by atoms with Crippen LogP contribution in [0.15, 0.2) is 59.1 Å². The van der Waals surface area contributed by atoms with Crippen molar-refractivity contribution in [2.75, 3.05) is 13.7 Å². The lowest BCUT2D eigenvalue weighted by atomic mass is 9.73. The van der Waals surface area contributed by atoms with Gasteiger partial charge >= 0.3 is 0 Å². The zero-order valence-electron chi connectivity index (χ0n) is 18.1. The van der Waals surface area contributed by atoms with Gasteiger partial charge < -0.3 is 19.3 Å². The van der Waals surface area contributed by atoms with Gasteiger partial charge in [-0.3, -0.25) is 4.79 Å². The fourth-order valence-corrected chi connectivity index (χ4v) is 3.95. The number of rotatable bonds is 8. The smallest absolute Gasteiger partial charge is 0.217 e. The Morgan fingerprint density at radius 3 is 2.61 bits per heavy atom. The Bertz CT molecular complexity index is 1020. The van der Waals surface area contributed by atoms with Gasteiger partial charge in [0.05, 0.1) is 25.5 Å². The summed E-state index contributed by atoms with van der Waals surface area (Å²) in [6.07, 6.45) is 2.06. The highest BCUT2D eigenvalue weighted by molar-refractivity contribution is 5.73. The average Bonchev–Trinajstić information content (AvgIpc) is 3.22. The molecule has 1 atom stereocenters. The minimum Gasteiger partial charge on any atom is -0.497 e. The lowest BCUT2D eigenvalue weighted by Gasteiger charge is -2.33. The van der Waals surface area contributed by atoms with E-state index < -0.39 is 0 Å². The van der Waals surface area contributed by atoms with Crippen LogP contribution in [0.25, 0.3) is 11.1 Å². The van der Waals surface area contributed by atoms with Gasteiger partial charge in [0.2, 0.25) is 5.91 Å². The van der Waals surface area contributed by atoms with Gasteiger partial charge in [-0.2, -0.15) is 0 Å². The molecule has 0 spiro atoms. The van der Waals surface area contributed by atoms with Crippen LogP contribution in [0.1, 0.15) is 50.1 Å². The number of hydrogen-bond acceptors (Lipinski definition) is 5. The van der Waals surface area contributed by atoms with E-state index in [-0.39, 0.29) is 11.9 Å². The zero-order chi connectivity index (χ0) is 21.8. The Hall–Kier alpha value is -3.28. The predicted molar refractivity (Wildman–Crippen MR) is 118 cm³/mol. The third kappa shape index (κ3) is 5.08. The average molecular weight is 421 g/mol. The van der Waals surface area contributed by atoms with E-state index >= 15 is 0 Å². The molecule has 2 aromatic carbocycles. The van der Waals surface area contributed by atoms with E-state index in [1.54, 1.807) is 7.11 Å². The summed E-state index contributed by atoms with van der Waals surface area (Å²) in [6, 6.07) is 18.0. The summed E-state index contributed by atoms with van der Waals surface area (Å²) in [5.41, 5.74) is 3.21. The highest BCUT2D eigenvalue weighted by Gasteiger charge is 2.33. The van der Waals surface area contributed by atoms with Crippen molar-refractivity contribution in [2.45, 2.75) is 38.6 Å². The van der Waals surface area contributed by atoms with Crippen molar-refractivity contribution in [1.29, 1.82) is 0 Å². The molecule has 1 saturated carbocycles. The maximum atomic E-state index is 11.2. The molecule has 0 radical (unpaired) electrons.